The maximum atomic E-state index is 9.65. The number of epoxide rings is 1. The monoisotopic (exact) mass is 432 g/mol. The van der Waals surface area contributed by atoms with Crippen molar-refractivity contribution in [1.82, 2.24) is 0 Å². The topological polar surface area (TPSA) is 60.5 Å². The van der Waals surface area contributed by atoms with Gasteiger partial charge in [0.25, 0.3) is 0 Å². The first-order valence-corrected chi connectivity index (χ1v) is 12.5. The molecule has 5 nitrogen and oxygen atoms in total. The van der Waals surface area contributed by atoms with Gasteiger partial charge in [0.05, 0.1) is 25.4 Å². The molecule has 0 radical (unpaired) electrons. The Morgan fingerprint density at radius 2 is 1.68 bits per heavy atom. The number of rotatable bonds is 11. The largest absolute Gasteiger partial charge is 0.465 e. The van der Waals surface area contributed by atoms with Gasteiger partial charge in [-0.15, -0.1) is 0 Å². The molecule has 2 aliphatic carbocycles. The summed E-state index contributed by atoms with van der Waals surface area (Å²) >= 11 is 0. The maximum absolute atomic E-state index is 9.65. The Morgan fingerprint density at radius 1 is 0.968 bits per heavy atom. The number of benzene rings is 1. The van der Waals surface area contributed by atoms with Crippen LogP contribution < -0.4 is 4.74 Å². The van der Waals surface area contributed by atoms with Crippen molar-refractivity contribution in [1.29, 1.82) is 0 Å². The third-order valence-corrected chi connectivity index (χ3v) is 7.07. The van der Waals surface area contributed by atoms with Gasteiger partial charge in [-0.3, -0.25) is 0 Å². The minimum Gasteiger partial charge on any atom is -0.465 e. The van der Waals surface area contributed by atoms with Crippen LogP contribution in [0.25, 0.3) is 0 Å². The Morgan fingerprint density at radius 3 is 2.32 bits per heavy atom. The molecule has 4 rings (SSSR count). The molecule has 0 aromatic heterocycles. The van der Waals surface area contributed by atoms with E-state index in [1.54, 1.807) is 0 Å². The summed E-state index contributed by atoms with van der Waals surface area (Å²) in [6, 6.07) is 8.63. The fraction of sp³-hybridized carbons (Fsp3) is 0.769. The van der Waals surface area contributed by atoms with Crippen LogP contribution in [-0.4, -0.2) is 49.5 Å². The fourth-order valence-corrected chi connectivity index (χ4v) is 4.91. The molecule has 3 aliphatic rings. The molecule has 1 saturated heterocycles. The number of aliphatic hydroxyl groups is 1. The minimum absolute atomic E-state index is 0.0779. The van der Waals surface area contributed by atoms with E-state index in [2.05, 4.69) is 31.2 Å². The van der Waals surface area contributed by atoms with Crippen LogP contribution in [0.5, 0.6) is 5.75 Å². The second-order valence-electron chi connectivity index (χ2n) is 9.68. The smallest absolute Gasteiger partial charge is 0.199 e. The van der Waals surface area contributed by atoms with Gasteiger partial charge in [0, 0.05) is 13.0 Å². The molecule has 174 valence electrons. The van der Waals surface area contributed by atoms with Crippen molar-refractivity contribution in [2.45, 2.75) is 102 Å². The molecule has 2 unspecified atom stereocenters. The van der Waals surface area contributed by atoms with Crippen molar-refractivity contribution < 1.29 is 24.1 Å². The van der Waals surface area contributed by atoms with E-state index >= 15 is 0 Å². The summed E-state index contributed by atoms with van der Waals surface area (Å²) in [5.41, 5.74) is 1.41. The summed E-state index contributed by atoms with van der Waals surface area (Å²) in [7, 11) is 0. The number of ether oxygens (including phenoxy) is 4. The lowest BCUT2D eigenvalue weighted by Crippen LogP contribution is -2.26. The number of hydrogen-bond acceptors (Lipinski definition) is 5. The van der Waals surface area contributed by atoms with E-state index in [0.717, 1.165) is 70.3 Å². The molecule has 1 aliphatic heterocycles. The SMILES string of the molecule is CCCC(OCC1CO1)Oc1ccc(C2CCC(OCC3CCC(O)CC3)CC2)cc1. The quantitative estimate of drug-likeness (QED) is 0.385. The van der Waals surface area contributed by atoms with Crippen LogP contribution in [0, 0.1) is 5.92 Å². The minimum atomic E-state index is -0.194. The molecular weight excluding hydrogens is 392 g/mol. The Labute approximate surface area is 187 Å². The van der Waals surface area contributed by atoms with Crippen molar-refractivity contribution in [3.63, 3.8) is 0 Å². The second-order valence-corrected chi connectivity index (χ2v) is 9.68. The van der Waals surface area contributed by atoms with Crippen LogP contribution in [0.3, 0.4) is 0 Å². The molecule has 1 aromatic rings. The average Bonchev–Trinajstić information content (AvgIpc) is 3.63. The first-order valence-electron chi connectivity index (χ1n) is 12.5. The third-order valence-electron chi connectivity index (χ3n) is 7.07. The van der Waals surface area contributed by atoms with Crippen LogP contribution in [0.15, 0.2) is 24.3 Å². The fourth-order valence-electron chi connectivity index (χ4n) is 4.91. The molecule has 2 atom stereocenters. The number of aliphatic hydroxyl groups excluding tert-OH is 1. The summed E-state index contributed by atoms with van der Waals surface area (Å²) in [4.78, 5) is 0. The molecule has 0 spiro atoms. The van der Waals surface area contributed by atoms with E-state index < -0.39 is 0 Å². The average molecular weight is 433 g/mol. The predicted octanol–water partition coefficient (Wildman–Crippen LogP) is 5.20. The summed E-state index contributed by atoms with van der Waals surface area (Å²) in [6.07, 6.45) is 11.1. The molecule has 0 amide bonds. The lowest BCUT2D eigenvalue weighted by molar-refractivity contribution is -0.0885. The zero-order valence-electron chi connectivity index (χ0n) is 19.0. The highest BCUT2D eigenvalue weighted by Gasteiger charge is 2.26. The van der Waals surface area contributed by atoms with Gasteiger partial charge >= 0.3 is 0 Å². The van der Waals surface area contributed by atoms with Gasteiger partial charge in [-0.05, 0) is 80.9 Å². The van der Waals surface area contributed by atoms with Gasteiger partial charge in [0.2, 0.25) is 0 Å². The lowest BCUT2D eigenvalue weighted by atomic mass is 9.82. The Balaban J connectivity index is 1.18. The molecule has 1 N–H and O–H groups in total. The molecule has 1 heterocycles. The predicted molar refractivity (Wildman–Crippen MR) is 120 cm³/mol. The van der Waals surface area contributed by atoms with Crippen LogP contribution >= 0.6 is 0 Å². The van der Waals surface area contributed by atoms with E-state index in [9.17, 15) is 5.11 Å². The van der Waals surface area contributed by atoms with E-state index in [-0.39, 0.29) is 18.5 Å². The Bertz CT molecular complexity index is 628. The van der Waals surface area contributed by atoms with Crippen LogP contribution in [0.2, 0.25) is 0 Å². The molecule has 2 saturated carbocycles. The van der Waals surface area contributed by atoms with Gasteiger partial charge in [-0.1, -0.05) is 25.5 Å². The highest BCUT2D eigenvalue weighted by molar-refractivity contribution is 5.29. The van der Waals surface area contributed by atoms with Crippen LogP contribution in [0.4, 0.5) is 0 Å². The second kappa shape index (κ2) is 11.6. The lowest BCUT2D eigenvalue weighted by Gasteiger charge is -2.31. The van der Waals surface area contributed by atoms with Crippen molar-refractivity contribution in [2.24, 2.45) is 5.92 Å². The summed E-state index contributed by atoms with van der Waals surface area (Å²) in [6.45, 7) is 4.46. The van der Waals surface area contributed by atoms with Crippen molar-refractivity contribution in [2.75, 3.05) is 19.8 Å². The highest BCUT2D eigenvalue weighted by Crippen LogP contribution is 2.35. The normalized spacial score (nSPS) is 31.9. The van der Waals surface area contributed by atoms with Crippen LogP contribution in [0.1, 0.15) is 82.6 Å². The third kappa shape index (κ3) is 7.45. The highest BCUT2D eigenvalue weighted by atomic mass is 16.7. The Kier molecular flexibility index (Phi) is 8.65. The summed E-state index contributed by atoms with van der Waals surface area (Å²) < 4.78 is 23.4. The maximum Gasteiger partial charge on any atom is 0.199 e. The first kappa shape index (κ1) is 23.0. The standard InChI is InChI=1S/C26H40O5/c1-2-3-26(30-18-25-17-29-25)31-24-14-8-21(9-15-24)20-6-12-23(13-7-20)28-16-19-4-10-22(27)11-5-19/h8-9,14-15,19-20,22-23,25-27H,2-7,10-13,16-18H2,1H3. The van der Waals surface area contributed by atoms with Crippen molar-refractivity contribution >= 4 is 0 Å². The van der Waals surface area contributed by atoms with E-state index in [0.29, 0.717) is 24.5 Å². The van der Waals surface area contributed by atoms with E-state index in [1.807, 2.05) is 0 Å². The van der Waals surface area contributed by atoms with Gasteiger partial charge in [0.1, 0.15) is 11.9 Å². The molecular formula is C26H40O5. The zero-order valence-corrected chi connectivity index (χ0v) is 19.0. The number of hydrogen-bond donors (Lipinski definition) is 1. The van der Waals surface area contributed by atoms with Gasteiger partial charge in [-0.25, -0.2) is 0 Å². The summed E-state index contributed by atoms with van der Waals surface area (Å²) in [5, 5.41) is 9.65. The first-order chi connectivity index (χ1) is 15.2. The molecule has 0 bridgehead atoms. The van der Waals surface area contributed by atoms with Crippen LogP contribution in [-0.2, 0) is 14.2 Å². The summed E-state index contributed by atoms with van der Waals surface area (Å²) in [5.74, 6) is 2.15. The molecule has 5 heteroatoms. The van der Waals surface area contributed by atoms with E-state index in [4.69, 9.17) is 18.9 Å². The van der Waals surface area contributed by atoms with Gasteiger partial charge in [-0.2, -0.15) is 0 Å². The molecule has 3 fully saturated rings. The van der Waals surface area contributed by atoms with E-state index in [1.165, 1.54) is 18.4 Å². The van der Waals surface area contributed by atoms with Gasteiger partial charge in [0.15, 0.2) is 6.29 Å². The van der Waals surface area contributed by atoms with Gasteiger partial charge < -0.3 is 24.1 Å². The Hall–Kier alpha value is -1.14. The van der Waals surface area contributed by atoms with Crippen molar-refractivity contribution in [3.8, 4) is 5.75 Å². The molecule has 31 heavy (non-hydrogen) atoms. The molecule has 1 aromatic carbocycles. The van der Waals surface area contributed by atoms with Crippen molar-refractivity contribution in [3.05, 3.63) is 29.8 Å². The zero-order chi connectivity index (χ0) is 21.5.